The van der Waals surface area contributed by atoms with E-state index in [0.717, 1.165) is 43.1 Å². The van der Waals surface area contributed by atoms with Gasteiger partial charge in [-0.3, -0.25) is 4.90 Å². The van der Waals surface area contributed by atoms with Crippen LogP contribution in [0.2, 0.25) is 0 Å². The second kappa shape index (κ2) is 9.62. The number of aromatic nitrogens is 2. The van der Waals surface area contributed by atoms with Crippen molar-refractivity contribution >= 4 is 23.1 Å². The predicted molar refractivity (Wildman–Crippen MR) is 134 cm³/mol. The number of halogens is 2. The molecule has 0 saturated carbocycles. The van der Waals surface area contributed by atoms with E-state index in [4.69, 9.17) is 0 Å². The van der Waals surface area contributed by atoms with Gasteiger partial charge in [0.2, 0.25) is 12.3 Å². The lowest BCUT2D eigenvalue weighted by Crippen LogP contribution is -2.55. The molecule has 1 aromatic carbocycles. The summed E-state index contributed by atoms with van der Waals surface area (Å²) in [6.07, 6.45) is 2.81. The van der Waals surface area contributed by atoms with Gasteiger partial charge < -0.3 is 20.8 Å². The fourth-order valence-electron chi connectivity index (χ4n) is 5.70. The Kier molecular flexibility index (Phi) is 6.62. The molecule has 5 rings (SSSR count). The lowest BCUT2D eigenvalue weighted by Gasteiger charge is -2.47. The highest BCUT2D eigenvalue weighted by Gasteiger charge is 2.43. The number of hydrogen-bond donors (Lipinski definition) is 4. The van der Waals surface area contributed by atoms with Gasteiger partial charge in [-0.2, -0.15) is 9.99 Å². The fraction of sp³-hybridized carbons (Fsp3) is 0.583. The Labute approximate surface area is 214 Å². The maximum atomic E-state index is 15.0. The molecule has 0 radical (unpaired) electrons. The van der Waals surface area contributed by atoms with E-state index in [1.807, 2.05) is 0 Å². The number of nitrogens with zero attached hydrogens (tertiary/aromatic N) is 7. The van der Waals surface area contributed by atoms with E-state index in [0.29, 0.717) is 6.04 Å². The van der Waals surface area contributed by atoms with Crippen molar-refractivity contribution in [2.24, 2.45) is 10.4 Å². The molecule has 2 fully saturated rings. The van der Waals surface area contributed by atoms with Crippen molar-refractivity contribution in [3.8, 4) is 0 Å². The molecule has 2 saturated heterocycles. The molecule has 13 heteroatoms. The summed E-state index contributed by atoms with van der Waals surface area (Å²) >= 11 is 0. The van der Waals surface area contributed by atoms with Gasteiger partial charge in [-0.05, 0) is 75.6 Å². The maximum Gasteiger partial charge on any atom is 0.245 e. The third-order valence-corrected chi connectivity index (χ3v) is 7.43. The molecule has 0 aliphatic carbocycles. The van der Waals surface area contributed by atoms with Gasteiger partial charge >= 0.3 is 0 Å². The molecule has 4 heterocycles. The molecular formula is C24H33F2N9O2. The summed E-state index contributed by atoms with van der Waals surface area (Å²) in [4.78, 5) is 10.8. The van der Waals surface area contributed by atoms with Crippen molar-refractivity contribution in [3.63, 3.8) is 0 Å². The van der Waals surface area contributed by atoms with Gasteiger partial charge in [0.25, 0.3) is 0 Å². The zero-order valence-electron chi connectivity index (χ0n) is 21.4. The van der Waals surface area contributed by atoms with Gasteiger partial charge in [-0.1, -0.05) is 0 Å². The van der Waals surface area contributed by atoms with E-state index in [1.54, 1.807) is 0 Å². The van der Waals surface area contributed by atoms with Crippen LogP contribution < -0.4 is 15.6 Å². The van der Waals surface area contributed by atoms with Crippen LogP contribution >= 0.6 is 0 Å². The molecule has 1 aromatic heterocycles. The van der Waals surface area contributed by atoms with Gasteiger partial charge in [0.1, 0.15) is 5.82 Å². The smallest absolute Gasteiger partial charge is 0.245 e. The van der Waals surface area contributed by atoms with Crippen LogP contribution in [-0.4, -0.2) is 67.7 Å². The molecule has 4 N–H and O–H groups in total. The van der Waals surface area contributed by atoms with Gasteiger partial charge in [-0.25, -0.2) is 18.8 Å². The Morgan fingerprint density at radius 3 is 2.68 bits per heavy atom. The summed E-state index contributed by atoms with van der Waals surface area (Å²) in [5.74, 6) is -1.23. The van der Waals surface area contributed by atoms with Crippen LogP contribution in [0.5, 0.6) is 0 Å². The highest BCUT2D eigenvalue weighted by molar-refractivity contribution is 5.67. The average Bonchev–Trinajstić information content (AvgIpc) is 3.44. The Morgan fingerprint density at radius 1 is 1.19 bits per heavy atom. The molecule has 37 heavy (non-hydrogen) atoms. The first-order valence-corrected chi connectivity index (χ1v) is 12.5. The molecule has 2 unspecified atom stereocenters. The summed E-state index contributed by atoms with van der Waals surface area (Å²) in [7, 11) is 1.53. The SMILES string of the molecule is CC(O)c1cc(F)c(Nc2ncc(F)c(N[C@@H]3C[C@@H]4CCCN4C(C)(C)C3)n2)cc1N1N=NN(C)C1O. The quantitative estimate of drug-likeness (QED) is 0.454. The zero-order chi connectivity index (χ0) is 26.5. The van der Waals surface area contributed by atoms with Crippen LogP contribution in [0.15, 0.2) is 28.8 Å². The standard InChI is InChI=1S/C24H33F2N9O2/c1-13(36)16-9-17(25)19(10-20(16)35-23(37)33(4)31-32-35)29-22-27-12-18(26)21(30-22)28-14-8-15-6-5-7-34(15)24(2,3)11-14/h9-10,12-15,23,36-37H,5-8,11H2,1-4H3,(H2,27,28,29,30)/t13?,14-,15+,23?/m1/s1. The summed E-state index contributed by atoms with van der Waals surface area (Å²) in [5, 5.41) is 36.6. The highest BCUT2D eigenvalue weighted by atomic mass is 19.1. The Morgan fingerprint density at radius 2 is 1.97 bits per heavy atom. The van der Waals surface area contributed by atoms with Crippen molar-refractivity contribution in [3.05, 3.63) is 35.5 Å². The Bertz CT molecular complexity index is 1200. The first-order chi connectivity index (χ1) is 17.5. The average molecular weight is 518 g/mol. The summed E-state index contributed by atoms with van der Waals surface area (Å²) in [6, 6.07) is 3.01. The molecule has 0 bridgehead atoms. The minimum atomic E-state index is -1.23. The van der Waals surface area contributed by atoms with Gasteiger partial charge in [0.15, 0.2) is 11.6 Å². The van der Waals surface area contributed by atoms with Crippen LogP contribution in [0.3, 0.4) is 0 Å². The van der Waals surface area contributed by atoms with Crippen molar-refractivity contribution in [2.45, 2.75) is 76.5 Å². The number of rotatable bonds is 6. The second-order valence-electron chi connectivity index (χ2n) is 10.6. The largest absolute Gasteiger partial charge is 0.389 e. The van der Waals surface area contributed by atoms with E-state index in [9.17, 15) is 14.6 Å². The van der Waals surface area contributed by atoms with Crippen molar-refractivity contribution in [2.75, 3.05) is 29.2 Å². The number of fused-ring (bicyclic) bond motifs is 1. The molecule has 0 amide bonds. The minimum Gasteiger partial charge on any atom is -0.389 e. The van der Waals surface area contributed by atoms with Crippen LogP contribution in [0.4, 0.5) is 31.9 Å². The van der Waals surface area contributed by atoms with E-state index in [-0.39, 0.29) is 40.3 Å². The predicted octanol–water partition coefficient (Wildman–Crippen LogP) is 3.68. The lowest BCUT2D eigenvalue weighted by molar-refractivity contribution is 0.0454. The van der Waals surface area contributed by atoms with Crippen molar-refractivity contribution in [1.82, 2.24) is 19.9 Å². The van der Waals surface area contributed by atoms with E-state index in [2.05, 4.69) is 49.8 Å². The Balaban J connectivity index is 1.39. The topological polar surface area (TPSA) is 125 Å². The molecule has 3 aliphatic rings. The van der Waals surface area contributed by atoms with Gasteiger partial charge in [0, 0.05) is 30.2 Å². The van der Waals surface area contributed by atoms with Crippen LogP contribution in [-0.2, 0) is 0 Å². The number of benzene rings is 1. The maximum absolute atomic E-state index is 15.0. The first-order valence-electron chi connectivity index (χ1n) is 12.5. The summed E-state index contributed by atoms with van der Waals surface area (Å²) < 4.78 is 29.7. The van der Waals surface area contributed by atoms with Gasteiger partial charge in [0.05, 0.1) is 23.7 Å². The number of nitrogens with one attached hydrogen (secondary N) is 2. The highest BCUT2D eigenvalue weighted by Crippen LogP contribution is 2.39. The van der Waals surface area contributed by atoms with Crippen LogP contribution in [0.25, 0.3) is 0 Å². The summed E-state index contributed by atoms with van der Waals surface area (Å²) in [6.45, 7) is 7.00. The molecule has 0 spiro atoms. The van der Waals surface area contributed by atoms with E-state index < -0.39 is 24.1 Å². The molecule has 11 nitrogen and oxygen atoms in total. The van der Waals surface area contributed by atoms with Crippen molar-refractivity contribution < 1.29 is 19.0 Å². The molecule has 3 aliphatic heterocycles. The molecule has 4 atom stereocenters. The summed E-state index contributed by atoms with van der Waals surface area (Å²) in [5.41, 5.74) is 0.414. The van der Waals surface area contributed by atoms with E-state index in [1.165, 1.54) is 31.5 Å². The third kappa shape index (κ3) is 4.90. The number of anilines is 4. The number of aliphatic hydroxyl groups excluding tert-OH is 2. The van der Waals surface area contributed by atoms with E-state index >= 15 is 4.39 Å². The first kappa shape index (κ1) is 25.5. The molecular weight excluding hydrogens is 484 g/mol. The number of hydrogen-bond acceptors (Lipinski definition) is 11. The molecule has 2 aromatic rings. The second-order valence-corrected chi connectivity index (χ2v) is 10.6. The third-order valence-electron chi connectivity index (χ3n) is 7.43. The lowest BCUT2D eigenvalue weighted by atomic mass is 9.84. The molecule has 200 valence electrons. The van der Waals surface area contributed by atoms with Crippen molar-refractivity contribution in [1.29, 1.82) is 0 Å². The van der Waals surface area contributed by atoms with Crippen LogP contribution in [0.1, 0.15) is 58.1 Å². The Hall–Kier alpha value is -3.16. The zero-order valence-corrected chi connectivity index (χ0v) is 21.4. The van der Waals surface area contributed by atoms with Gasteiger partial charge in [-0.15, -0.1) is 0 Å². The van der Waals surface area contributed by atoms with Crippen LogP contribution in [0, 0.1) is 11.6 Å². The fourth-order valence-corrected chi connectivity index (χ4v) is 5.70. The normalized spacial score (nSPS) is 25.9. The monoisotopic (exact) mass is 517 g/mol. The number of piperidine rings is 1. The minimum absolute atomic E-state index is 0.00165. The number of aliphatic hydroxyl groups is 2.